The topological polar surface area (TPSA) is 93.3 Å². The van der Waals surface area contributed by atoms with Crippen LogP contribution in [0, 0.1) is 22.9 Å². The summed E-state index contributed by atoms with van der Waals surface area (Å²) in [5.41, 5.74) is 3.21. The number of carbonyl (C=O) groups is 1. The van der Waals surface area contributed by atoms with Crippen LogP contribution in [0.15, 0.2) is 48.7 Å². The number of aromatic nitrogens is 2. The quantitative estimate of drug-likeness (QED) is 0.433. The summed E-state index contributed by atoms with van der Waals surface area (Å²) >= 11 is 0. The number of piperidine rings is 1. The lowest BCUT2D eigenvalue weighted by Gasteiger charge is -2.30. The number of nitro groups is 1. The Labute approximate surface area is 191 Å². The van der Waals surface area contributed by atoms with Crippen molar-refractivity contribution in [3.05, 3.63) is 81.4 Å². The third-order valence-corrected chi connectivity index (χ3v) is 6.07. The van der Waals surface area contributed by atoms with E-state index in [4.69, 9.17) is 0 Å². The summed E-state index contributed by atoms with van der Waals surface area (Å²) in [6, 6.07) is 10.1. The van der Waals surface area contributed by atoms with E-state index < -0.39 is 4.92 Å². The first-order chi connectivity index (χ1) is 15.8. The lowest BCUT2D eigenvalue weighted by atomic mass is 10.0. The average Bonchev–Trinajstić information content (AvgIpc) is 3.21. The molecule has 2 heterocycles. The van der Waals surface area contributed by atoms with Gasteiger partial charge in [-0.3, -0.25) is 14.9 Å². The number of amides is 1. The summed E-state index contributed by atoms with van der Waals surface area (Å²) in [4.78, 5) is 26.2. The lowest BCUT2D eigenvalue weighted by Crippen LogP contribution is -2.33. The number of anilines is 1. The number of nitro benzene ring substituents is 1. The number of benzene rings is 2. The van der Waals surface area contributed by atoms with E-state index in [0.29, 0.717) is 16.9 Å². The first-order valence-corrected chi connectivity index (χ1v) is 11.0. The molecule has 3 aromatic rings. The van der Waals surface area contributed by atoms with Crippen molar-refractivity contribution < 1.29 is 14.1 Å². The fraction of sp³-hybridized carbons (Fsp3) is 0.333. The zero-order chi connectivity index (χ0) is 23.5. The summed E-state index contributed by atoms with van der Waals surface area (Å²) in [5, 5.41) is 18.7. The van der Waals surface area contributed by atoms with Crippen LogP contribution in [-0.2, 0) is 0 Å². The number of carbonyl (C=O) groups excluding carboxylic acids is 1. The SMILES string of the molecule is Cc1c(C(C)NC(=O)c2cc([N+](=O)[O-])ccc2N2CCCCC2)cnn1-c1ccc(F)cc1. The highest BCUT2D eigenvalue weighted by Crippen LogP contribution is 2.29. The second kappa shape index (κ2) is 9.40. The minimum absolute atomic E-state index is 0.117. The third kappa shape index (κ3) is 4.72. The normalized spacial score (nSPS) is 14.7. The van der Waals surface area contributed by atoms with E-state index in [-0.39, 0.29) is 23.5 Å². The zero-order valence-corrected chi connectivity index (χ0v) is 18.6. The average molecular weight is 452 g/mol. The highest BCUT2D eigenvalue weighted by atomic mass is 19.1. The summed E-state index contributed by atoms with van der Waals surface area (Å²) in [6.45, 7) is 5.35. The predicted molar refractivity (Wildman–Crippen MR) is 123 cm³/mol. The molecule has 0 spiro atoms. The Hall–Kier alpha value is -3.75. The predicted octanol–water partition coefficient (Wildman–Crippen LogP) is 4.71. The monoisotopic (exact) mass is 451 g/mol. The summed E-state index contributed by atoms with van der Waals surface area (Å²) in [7, 11) is 0. The Morgan fingerprint density at radius 3 is 2.52 bits per heavy atom. The van der Waals surface area contributed by atoms with Crippen LogP contribution in [0.5, 0.6) is 0 Å². The molecule has 172 valence electrons. The minimum atomic E-state index is -0.489. The molecule has 33 heavy (non-hydrogen) atoms. The molecule has 0 aliphatic carbocycles. The van der Waals surface area contributed by atoms with E-state index in [1.54, 1.807) is 29.1 Å². The molecule has 1 aliphatic heterocycles. The van der Waals surface area contributed by atoms with Crippen molar-refractivity contribution in [1.29, 1.82) is 0 Å². The Bertz CT molecular complexity index is 1170. The highest BCUT2D eigenvalue weighted by molar-refractivity contribution is 6.00. The van der Waals surface area contributed by atoms with E-state index >= 15 is 0 Å². The van der Waals surface area contributed by atoms with Crippen LogP contribution < -0.4 is 10.2 Å². The van der Waals surface area contributed by atoms with Gasteiger partial charge >= 0.3 is 0 Å². The largest absolute Gasteiger partial charge is 0.371 e. The van der Waals surface area contributed by atoms with Crippen LogP contribution in [0.1, 0.15) is 53.8 Å². The first-order valence-electron chi connectivity index (χ1n) is 11.0. The van der Waals surface area contributed by atoms with Gasteiger partial charge in [0.1, 0.15) is 5.82 Å². The van der Waals surface area contributed by atoms with E-state index in [0.717, 1.165) is 43.6 Å². The molecule has 0 saturated carbocycles. The van der Waals surface area contributed by atoms with Crippen molar-refractivity contribution in [1.82, 2.24) is 15.1 Å². The third-order valence-electron chi connectivity index (χ3n) is 6.07. The maximum Gasteiger partial charge on any atom is 0.270 e. The molecule has 1 atom stereocenters. The molecule has 1 aromatic heterocycles. The van der Waals surface area contributed by atoms with Crippen molar-refractivity contribution in [3.8, 4) is 5.69 Å². The molecular weight excluding hydrogens is 425 g/mol. The van der Waals surface area contributed by atoms with Crippen LogP contribution in [0.4, 0.5) is 15.8 Å². The Balaban J connectivity index is 1.59. The van der Waals surface area contributed by atoms with Crippen LogP contribution in [0.3, 0.4) is 0 Å². The molecule has 0 radical (unpaired) electrons. The molecule has 2 aromatic carbocycles. The van der Waals surface area contributed by atoms with Gasteiger partial charge in [0.05, 0.1) is 34.1 Å². The summed E-state index contributed by atoms with van der Waals surface area (Å²) in [6.07, 6.45) is 4.86. The van der Waals surface area contributed by atoms with Gasteiger partial charge in [0.2, 0.25) is 0 Å². The van der Waals surface area contributed by atoms with Gasteiger partial charge in [0.25, 0.3) is 11.6 Å². The zero-order valence-electron chi connectivity index (χ0n) is 18.6. The van der Waals surface area contributed by atoms with E-state index in [1.165, 1.54) is 24.3 Å². The molecule has 1 aliphatic rings. The molecule has 9 heteroatoms. The van der Waals surface area contributed by atoms with Gasteiger partial charge in [-0.15, -0.1) is 0 Å². The number of halogens is 1. The van der Waals surface area contributed by atoms with E-state index in [2.05, 4.69) is 15.3 Å². The number of hydrogen-bond acceptors (Lipinski definition) is 5. The molecule has 4 rings (SSSR count). The number of nitrogens with zero attached hydrogens (tertiary/aromatic N) is 4. The van der Waals surface area contributed by atoms with Crippen molar-refractivity contribution in [3.63, 3.8) is 0 Å². The van der Waals surface area contributed by atoms with E-state index in [9.17, 15) is 19.3 Å². The molecule has 1 N–H and O–H groups in total. The van der Waals surface area contributed by atoms with Gasteiger partial charge in [0.15, 0.2) is 0 Å². The molecule has 1 fully saturated rings. The number of rotatable bonds is 6. The Kier molecular flexibility index (Phi) is 6.39. The molecular formula is C24H26FN5O3. The number of non-ortho nitro benzene ring substituents is 1. The molecule has 1 unspecified atom stereocenters. The molecule has 1 saturated heterocycles. The molecule has 8 nitrogen and oxygen atoms in total. The summed E-state index contributed by atoms with van der Waals surface area (Å²) in [5.74, 6) is -0.702. The first kappa shape index (κ1) is 22.4. The van der Waals surface area contributed by atoms with Crippen molar-refractivity contribution in [2.45, 2.75) is 39.2 Å². The van der Waals surface area contributed by atoms with Gasteiger partial charge in [-0.1, -0.05) is 0 Å². The standard InChI is InChI=1S/C24H26FN5O3/c1-16(22-15-26-29(17(22)2)19-8-6-18(25)7-9-19)27-24(31)21-14-20(30(32)33)10-11-23(21)28-12-4-3-5-13-28/h6-11,14-16H,3-5,12-13H2,1-2H3,(H,27,31). The van der Waals surface area contributed by atoms with Crippen LogP contribution >= 0.6 is 0 Å². The van der Waals surface area contributed by atoms with Gasteiger partial charge in [-0.2, -0.15) is 5.10 Å². The molecule has 0 bridgehead atoms. The minimum Gasteiger partial charge on any atom is -0.371 e. The van der Waals surface area contributed by atoms with Gasteiger partial charge < -0.3 is 10.2 Å². The highest BCUT2D eigenvalue weighted by Gasteiger charge is 2.24. The van der Waals surface area contributed by atoms with Gasteiger partial charge in [-0.25, -0.2) is 9.07 Å². The van der Waals surface area contributed by atoms with Gasteiger partial charge in [-0.05, 0) is 63.4 Å². The maximum absolute atomic E-state index is 13.3. The second-order valence-electron chi connectivity index (χ2n) is 8.27. The fourth-order valence-corrected chi connectivity index (χ4v) is 4.27. The maximum atomic E-state index is 13.3. The van der Waals surface area contributed by atoms with Crippen molar-refractivity contribution in [2.24, 2.45) is 0 Å². The Morgan fingerprint density at radius 1 is 1.15 bits per heavy atom. The number of nitrogens with one attached hydrogen (secondary N) is 1. The van der Waals surface area contributed by atoms with Gasteiger partial charge in [0, 0.05) is 36.5 Å². The smallest absolute Gasteiger partial charge is 0.270 e. The molecule has 1 amide bonds. The van der Waals surface area contributed by atoms with E-state index in [1.807, 2.05) is 13.8 Å². The van der Waals surface area contributed by atoms with Crippen LogP contribution in [0.2, 0.25) is 0 Å². The van der Waals surface area contributed by atoms with Crippen LogP contribution in [-0.4, -0.2) is 33.7 Å². The van der Waals surface area contributed by atoms with Crippen LogP contribution in [0.25, 0.3) is 5.69 Å². The Morgan fingerprint density at radius 2 is 1.85 bits per heavy atom. The second-order valence-corrected chi connectivity index (χ2v) is 8.27. The number of hydrogen-bond donors (Lipinski definition) is 1. The summed E-state index contributed by atoms with van der Waals surface area (Å²) < 4.78 is 14.9. The fourth-order valence-electron chi connectivity index (χ4n) is 4.27. The van der Waals surface area contributed by atoms with Crippen molar-refractivity contribution >= 4 is 17.3 Å². The lowest BCUT2D eigenvalue weighted by molar-refractivity contribution is -0.384. The van der Waals surface area contributed by atoms with Crippen molar-refractivity contribution in [2.75, 3.05) is 18.0 Å².